The Bertz CT molecular complexity index is 611. The SMILES string of the molecule is CC1CNCCN1C(=O)CCCc1nc(-c2cccs2)no1. The third kappa shape index (κ3) is 3.53. The lowest BCUT2D eigenvalue weighted by Gasteiger charge is -2.34. The number of nitrogens with one attached hydrogen (secondary N) is 1. The second-order valence-electron chi connectivity index (χ2n) is 5.48. The third-order valence-corrected chi connectivity index (χ3v) is 4.68. The second-order valence-corrected chi connectivity index (χ2v) is 6.43. The highest BCUT2D eigenvalue weighted by molar-refractivity contribution is 7.13. The van der Waals surface area contributed by atoms with Gasteiger partial charge < -0.3 is 14.7 Å². The Balaban J connectivity index is 1.48. The van der Waals surface area contributed by atoms with Crippen LogP contribution in [0.4, 0.5) is 0 Å². The number of aryl methyl sites for hydroxylation is 1. The van der Waals surface area contributed by atoms with Crippen LogP contribution in [0.5, 0.6) is 0 Å². The van der Waals surface area contributed by atoms with Crippen molar-refractivity contribution in [2.45, 2.75) is 32.2 Å². The van der Waals surface area contributed by atoms with E-state index in [0.29, 0.717) is 24.6 Å². The zero-order valence-corrected chi connectivity index (χ0v) is 13.4. The molecule has 1 aliphatic rings. The molecule has 2 aromatic rings. The van der Waals surface area contributed by atoms with Crippen LogP contribution in [0.15, 0.2) is 22.0 Å². The number of nitrogens with zero attached hydrogens (tertiary/aromatic N) is 3. The van der Waals surface area contributed by atoms with Gasteiger partial charge in [0.05, 0.1) is 4.88 Å². The maximum atomic E-state index is 12.2. The van der Waals surface area contributed by atoms with Crippen LogP contribution in [-0.2, 0) is 11.2 Å². The lowest BCUT2D eigenvalue weighted by molar-refractivity contribution is -0.134. The molecule has 3 heterocycles. The normalized spacial score (nSPS) is 18.6. The van der Waals surface area contributed by atoms with Crippen LogP contribution >= 0.6 is 11.3 Å². The third-order valence-electron chi connectivity index (χ3n) is 3.81. The van der Waals surface area contributed by atoms with Crippen molar-refractivity contribution < 1.29 is 9.32 Å². The summed E-state index contributed by atoms with van der Waals surface area (Å²) in [6, 6.07) is 4.20. The molecule has 0 bridgehead atoms. The number of rotatable bonds is 5. The van der Waals surface area contributed by atoms with Crippen molar-refractivity contribution in [3.8, 4) is 10.7 Å². The quantitative estimate of drug-likeness (QED) is 0.911. The van der Waals surface area contributed by atoms with Gasteiger partial charge in [-0.15, -0.1) is 11.3 Å². The first kappa shape index (κ1) is 15.2. The van der Waals surface area contributed by atoms with E-state index in [9.17, 15) is 4.79 Å². The summed E-state index contributed by atoms with van der Waals surface area (Å²) in [5.41, 5.74) is 0. The molecule has 3 rings (SSSR count). The fourth-order valence-corrected chi connectivity index (χ4v) is 3.26. The van der Waals surface area contributed by atoms with E-state index in [1.54, 1.807) is 11.3 Å². The lowest BCUT2D eigenvalue weighted by Crippen LogP contribution is -2.52. The van der Waals surface area contributed by atoms with Crippen LogP contribution in [0.25, 0.3) is 10.7 Å². The van der Waals surface area contributed by atoms with Crippen molar-refractivity contribution in [3.63, 3.8) is 0 Å². The van der Waals surface area contributed by atoms with Gasteiger partial charge >= 0.3 is 0 Å². The van der Waals surface area contributed by atoms with E-state index in [4.69, 9.17) is 4.52 Å². The highest BCUT2D eigenvalue weighted by atomic mass is 32.1. The molecule has 1 fully saturated rings. The molecule has 1 saturated heterocycles. The molecule has 0 spiro atoms. The predicted molar refractivity (Wildman–Crippen MR) is 84.6 cm³/mol. The van der Waals surface area contributed by atoms with Crippen molar-refractivity contribution in [1.29, 1.82) is 0 Å². The number of carbonyl (C=O) groups is 1. The van der Waals surface area contributed by atoms with Crippen molar-refractivity contribution >= 4 is 17.2 Å². The molecule has 6 nitrogen and oxygen atoms in total. The zero-order chi connectivity index (χ0) is 15.4. The average Bonchev–Trinajstić information content (AvgIpc) is 3.18. The van der Waals surface area contributed by atoms with Crippen LogP contribution < -0.4 is 5.32 Å². The van der Waals surface area contributed by atoms with E-state index in [-0.39, 0.29) is 11.9 Å². The van der Waals surface area contributed by atoms with Crippen molar-refractivity contribution in [3.05, 3.63) is 23.4 Å². The molecule has 1 aliphatic heterocycles. The molecule has 1 N–H and O–H groups in total. The molecule has 0 aliphatic carbocycles. The monoisotopic (exact) mass is 320 g/mol. The minimum atomic E-state index is 0.215. The number of piperazine rings is 1. The largest absolute Gasteiger partial charge is 0.339 e. The fraction of sp³-hybridized carbons (Fsp3) is 0.533. The summed E-state index contributed by atoms with van der Waals surface area (Å²) >= 11 is 1.59. The van der Waals surface area contributed by atoms with Crippen molar-refractivity contribution in [2.75, 3.05) is 19.6 Å². The Morgan fingerprint density at radius 2 is 2.50 bits per heavy atom. The molecular formula is C15H20N4O2S. The molecular weight excluding hydrogens is 300 g/mol. The van der Waals surface area contributed by atoms with Gasteiger partial charge in [0, 0.05) is 38.5 Å². The van der Waals surface area contributed by atoms with Crippen LogP contribution in [0, 0.1) is 0 Å². The molecule has 0 aromatic carbocycles. The van der Waals surface area contributed by atoms with E-state index < -0.39 is 0 Å². The number of hydrogen-bond acceptors (Lipinski definition) is 6. The Morgan fingerprint density at radius 1 is 1.59 bits per heavy atom. The van der Waals surface area contributed by atoms with Crippen LogP contribution in [0.2, 0.25) is 0 Å². The molecule has 0 radical (unpaired) electrons. The van der Waals surface area contributed by atoms with Gasteiger partial charge in [0.25, 0.3) is 0 Å². The smallest absolute Gasteiger partial charge is 0.226 e. The molecule has 1 unspecified atom stereocenters. The molecule has 22 heavy (non-hydrogen) atoms. The molecule has 1 atom stereocenters. The van der Waals surface area contributed by atoms with E-state index >= 15 is 0 Å². The predicted octanol–water partition coefficient (Wildman–Crippen LogP) is 1.94. The Morgan fingerprint density at radius 3 is 3.27 bits per heavy atom. The number of carbonyl (C=O) groups excluding carboxylic acids is 1. The van der Waals surface area contributed by atoms with E-state index in [0.717, 1.165) is 30.9 Å². The number of hydrogen-bond donors (Lipinski definition) is 1. The highest BCUT2D eigenvalue weighted by Crippen LogP contribution is 2.21. The summed E-state index contributed by atoms with van der Waals surface area (Å²) in [5, 5.41) is 9.26. The maximum Gasteiger partial charge on any atom is 0.226 e. The number of amides is 1. The molecule has 0 saturated carbocycles. The summed E-state index contributed by atoms with van der Waals surface area (Å²) < 4.78 is 5.25. The molecule has 7 heteroatoms. The minimum Gasteiger partial charge on any atom is -0.339 e. The fourth-order valence-electron chi connectivity index (χ4n) is 2.61. The van der Waals surface area contributed by atoms with Crippen molar-refractivity contribution in [1.82, 2.24) is 20.4 Å². The molecule has 118 valence electrons. The van der Waals surface area contributed by atoms with Gasteiger partial charge in [-0.2, -0.15) is 4.98 Å². The van der Waals surface area contributed by atoms with Gasteiger partial charge in [0.2, 0.25) is 17.6 Å². The summed E-state index contributed by atoms with van der Waals surface area (Å²) in [6.07, 6.45) is 1.91. The van der Waals surface area contributed by atoms with Gasteiger partial charge in [0.1, 0.15) is 0 Å². The van der Waals surface area contributed by atoms with Gasteiger partial charge in [0.15, 0.2) is 0 Å². The Hall–Kier alpha value is -1.73. The van der Waals surface area contributed by atoms with E-state index in [1.165, 1.54) is 0 Å². The van der Waals surface area contributed by atoms with Gasteiger partial charge in [-0.25, -0.2) is 0 Å². The summed E-state index contributed by atoms with van der Waals surface area (Å²) in [6.45, 7) is 4.63. The Labute approximate surface area is 133 Å². The Kier molecular flexibility index (Phi) is 4.84. The van der Waals surface area contributed by atoms with Gasteiger partial charge in [-0.1, -0.05) is 11.2 Å². The highest BCUT2D eigenvalue weighted by Gasteiger charge is 2.22. The van der Waals surface area contributed by atoms with Crippen LogP contribution in [0.1, 0.15) is 25.7 Å². The van der Waals surface area contributed by atoms with Gasteiger partial charge in [-0.05, 0) is 24.8 Å². The standard InChI is InChI=1S/C15H20N4O2S/c1-11-10-16-7-8-19(11)14(20)6-2-5-13-17-15(18-21-13)12-4-3-9-22-12/h3-4,9,11,16H,2,5-8,10H2,1H3. The first-order valence-corrected chi connectivity index (χ1v) is 8.48. The lowest BCUT2D eigenvalue weighted by atomic mass is 10.1. The summed E-state index contributed by atoms with van der Waals surface area (Å²) in [5.74, 6) is 1.45. The minimum absolute atomic E-state index is 0.215. The molecule has 1 amide bonds. The van der Waals surface area contributed by atoms with Crippen LogP contribution in [0.3, 0.4) is 0 Å². The maximum absolute atomic E-state index is 12.2. The van der Waals surface area contributed by atoms with Crippen molar-refractivity contribution in [2.24, 2.45) is 0 Å². The first-order chi connectivity index (χ1) is 10.7. The summed E-state index contributed by atoms with van der Waals surface area (Å²) in [4.78, 5) is 19.6. The zero-order valence-electron chi connectivity index (χ0n) is 12.6. The van der Waals surface area contributed by atoms with E-state index in [2.05, 4.69) is 22.4 Å². The molecule has 2 aromatic heterocycles. The summed E-state index contributed by atoms with van der Waals surface area (Å²) in [7, 11) is 0. The average molecular weight is 320 g/mol. The second kappa shape index (κ2) is 7.02. The number of aromatic nitrogens is 2. The van der Waals surface area contributed by atoms with Gasteiger partial charge in [-0.3, -0.25) is 4.79 Å². The number of thiophene rings is 1. The topological polar surface area (TPSA) is 71.3 Å². The van der Waals surface area contributed by atoms with Crippen LogP contribution in [-0.4, -0.2) is 46.6 Å². The van der Waals surface area contributed by atoms with E-state index in [1.807, 2.05) is 22.4 Å². The first-order valence-electron chi connectivity index (χ1n) is 7.60.